The lowest BCUT2D eigenvalue weighted by Gasteiger charge is -2.05. The normalized spacial score (nSPS) is 13.3. The number of hydrogen-bond acceptors (Lipinski definition) is 6. The van der Waals surface area contributed by atoms with Crippen molar-refractivity contribution in [1.82, 2.24) is 28.1 Å². The van der Waals surface area contributed by atoms with Gasteiger partial charge in [0.15, 0.2) is 0 Å². The Morgan fingerprint density at radius 3 is 1.89 bits per heavy atom. The van der Waals surface area contributed by atoms with Crippen LogP contribution in [0.2, 0.25) is 0 Å². The lowest BCUT2D eigenvalue weighted by Crippen LogP contribution is -2.02. The highest BCUT2D eigenvalue weighted by molar-refractivity contribution is 7.86. The highest BCUT2D eigenvalue weighted by atomic mass is 32.2. The minimum atomic E-state index is -4.53. The fourth-order valence-electron chi connectivity index (χ4n) is 7.65. The first-order valence-corrected chi connectivity index (χ1v) is 20.6. The molecular weight excluding hydrogens is 765 g/mol. The molecule has 0 radical (unpaired) electrons. The molecule has 0 fully saturated rings. The smallest absolute Gasteiger partial charge is 0.282 e. The van der Waals surface area contributed by atoms with Crippen LogP contribution in [0.15, 0.2) is 147 Å². The van der Waals surface area contributed by atoms with Crippen LogP contribution in [-0.2, 0) is 20.2 Å². The van der Waals surface area contributed by atoms with Crippen molar-refractivity contribution in [1.29, 1.82) is 0 Å². The summed E-state index contributed by atoms with van der Waals surface area (Å²) in [6, 6.07) is 38.7. The maximum absolute atomic E-state index is 12.5. The van der Waals surface area contributed by atoms with Crippen LogP contribution in [0.3, 0.4) is 0 Å². The molecule has 16 heteroatoms. The van der Waals surface area contributed by atoms with Crippen molar-refractivity contribution >= 4 is 87.4 Å². The zero-order valence-corrected chi connectivity index (χ0v) is 31.3. The molecule has 0 aliphatic heterocycles. The first-order valence-electron chi connectivity index (χ1n) is 17.7. The number of nitrogens with zero attached hydrogens (tertiary/aromatic N) is 8. The van der Waals surface area contributed by atoms with E-state index < -0.39 is 20.2 Å². The largest absolute Gasteiger partial charge is 0.295 e. The van der Waals surface area contributed by atoms with E-state index >= 15 is 0 Å². The highest BCUT2D eigenvalue weighted by Crippen LogP contribution is 2.36. The van der Waals surface area contributed by atoms with Gasteiger partial charge in [-0.3, -0.25) is 9.11 Å². The van der Waals surface area contributed by atoms with Crippen molar-refractivity contribution in [3.63, 3.8) is 0 Å². The van der Waals surface area contributed by atoms with Crippen molar-refractivity contribution < 1.29 is 25.9 Å². The molecule has 0 saturated carbocycles. The summed E-state index contributed by atoms with van der Waals surface area (Å²) >= 11 is 0. The zero-order chi connectivity index (χ0) is 39.0. The topological polar surface area (TPSA) is 161 Å². The molecule has 0 atom stereocenters. The number of benzene rings is 7. The molecule has 2 N–H and O–H groups in total. The average molecular weight is 793 g/mol. The monoisotopic (exact) mass is 792 g/mol. The quantitative estimate of drug-likeness (QED) is 0.0888. The second-order valence-corrected chi connectivity index (χ2v) is 16.8. The molecule has 0 spiro atoms. The molecule has 7 aromatic carbocycles. The molecule has 0 bridgehead atoms. The molecule has 57 heavy (non-hydrogen) atoms. The Hall–Kier alpha value is -6.98. The summed E-state index contributed by atoms with van der Waals surface area (Å²) < 4.78 is 75.8. The maximum Gasteiger partial charge on any atom is 0.295 e. The summed E-state index contributed by atoms with van der Waals surface area (Å²) in [5.41, 5.74) is 8.90. The summed E-state index contributed by atoms with van der Waals surface area (Å²) in [6.45, 7) is 1.96. The summed E-state index contributed by atoms with van der Waals surface area (Å²) in [5.74, 6) is 0. The van der Waals surface area contributed by atoms with Crippen LogP contribution in [-0.4, -0.2) is 54.1 Å². The van der Waals surface area contributed by atoms with Crippen molar-refractivity contribution in [2.75, 3.05) is 0 Å². The van der Waals surface area contributed by atoms with Gasteiger partial charge in [0, 0.05) is 10.8 Å². The van der Waals surface area contributed by atoms with E-state index in [1.807, 2.05) is 114 Å². The second kappa shape index (κ2) is 11.5. The van der Waals surface area contributed by atoms with Gasteiger partial charge in [-0.05, 0) is 101 Å². The predicted octanol–water partition coefficient (Wildman–Crippen LogP) is 8.85. The van der Waals surface area contributed by atoms with Crippen molar-refractivity contribution in [2.45, 2.75) is 16.7 Å². The lowest BCUT2D eigenvalue weighted by atomic mass is 10.1. The number of aromatic nitrogens is 6. The van der Waals surface area contributed by atoms with Crippen molar-refractivity contribution in [3.05, 3.63) is 144 Å². The average Bonchev–Trinajstić information content (AvgIpc) is 4.05. The second-order valence-electron chi connectivity index (χ2n) is 14.0. The molecule has 4 aromatic heterocycles. The van der Waals surface area contributed by atoms with Gasteiger partial charge in [0.05, 0.1) is 27.6 Å². The van der Waals surface area contributed by atoms with Crippen LogP contribution in [0.4, 0.5) is 11.4 Å². The van der Waals surface area contributed by atoms with Gasteiger partial charge in [0.1, 0.15) is 27.0 Å². The Kier molecular flexibility index (Phi) is 6.75. The molecule has 4 heterocycles. The van der Waals surface area contributed by atoms with E-state index in [4.69, 9.17) is 0 Å². The van der Waals surface area contributed by atoms with E-state index in [2.05, 4.69) is 28.4 Å². The van der Waals surface area contributed by atoms with Crippen LogP contribution in [0, 0.1) is 6.92 Å². The summed E-state index contributed by atoms with van der Waals surface area (Å²) in [7, 11) is -8.83. The van der Waals surface area contributed by atoms with Crippen LogP contribution in [0.25, 0.3) is 67.1 Å². The first-order chi connectivity index (χ1) is 27.4. The van der Waals surface area contributed by atoms with Gasteiger partial charge in [0.2, 0.25) is 0 Å². The minimum absolute atomic E-state index is 0.145. The van der Waals surface area contributed by atoms with Gasteiger partial charge >= 0.3 is 0 Å². The molecule has 0 aliphatic rings. The van der Waals surface area contributed by atoms with Crippen LogP contribution in [0.5, 0.6) is 0 Å². The van der Waals surface area contributed by atoms with Gasteiger partial charge in [-0.15, -0.1) is 18.5 Å². The number of rotatable bonds is 8. The Bertz CT molecular complexity index is 3710. The zero-order valence-electron chi connectivity index (χ0n) is 29.7. The molecule has 11 aromatic rings. The SMILES string of the molecule is Cc1cc(-n2n3c4ccc5cc(S(=O)(=O)O)ccc5c4n23)ccc1N=Nc1ccc(C=Cc2ccc(-n3n4c5ccc6ccccc6c5n34)cc2S(=O)(=O)O)cc1. The molecule has 14 nitrogen and oxygen atoms in total. The summed E-state index contributed by atoms with van der Waals surface area (Å²) in [5, 5.41) is 12.7. The molecule has 0 saturated heterocycles. The van der Waals surface area contributed by atoms with Crippen molar-refractivity contribution in [2.24, 2.45) is 10.2 Å². The van der Waals surface area contributed by atoms with Gasteiger partial charge in [-0.2, -0.15) is 36.7 Å². The Morgan fingerprint density at radius 1 is 0.561 bits per heavy atom. The fraction of sp³-hybridized carbons (Fsp3) is 0.0244. The maximum atomic E-state index is 12.5. The van der Waals surface area contributed by atoms with Crippen LogP contribution >= 0.6 is 0 Å². The van der Waals surface area contributed by atoms with Gasteiger partial charge in [0.25, 0.3) is 20.2 Å². The third-order valence-corrected chi connectivity index (χ3v) is 12.3. The van der Waals surface area contributed by atoms with Gasteiger partial charge in [-0.1, -0.05) is 72.8 Å². The minimum Gasteiger partial charge on any atom is -0.282 e. The molecule has 280 valence electrons. The number of aryl methyl sites for hydroxylation is 1. The lowest BCUT2D eigenvalue weighted by molar-refractivity contribution is 0.481. The van der Waals surface area contributed by atoms with E-state index in [1.165, 1.54) is 18.2 Å². The Balaban J connectivity index is 0.811. The van der Waals surface area contributed by atoms with E-state index in [0.29, 0.717) is 28.0 Å². The summed E-state index contributed by atoms with van der Waals surface area (Å²) in [6.07, 6.45) is 3.43. The third kappa shape index (κ3) is 5.15. The van der Waals surface area contributed by atoms with Crippen LogP contribution < -0.4 is 0 Å². The molecule has 0 aliphatic carbocycles. The highest BCUT2D eigenvalue weighted by Gasteiger charge is 2.28. The van der Waals surface area contributed by atoms with E-state index in [1.54, 1.807) is 24.3 Å². The summed E-state index contributed by atoms with van der Waals surface area (Å²) in [4.78, 5) is 3.53. The standard InChI is InChI=1S/C41H28N8O6S2/c1-25-22-31(44-46-38-21-12-29-23-33(56(50,51)52)17-18-35(29)41(38)49(44)46)16-19-36(25)43-42-30-13-7-26(8-14-30)6-9-28-10-15-32(24-39(28)57(53,54)55)45-47-37-20-11-27-4-2-3-5-34(27)40(37)48(45)47/h2-24H,1H3,(H,50,51,52)(H,53,54,55). The molecular formula is C41H28N8O6S2. The van der Waals surface area contributed by atoms with Gasteiger partial charge in [-0.25, -0.2) is 0 Å². The van der Waals surface area contributed by atoms with Gasteiger partial charge < -0.3 is 0 Å². The molecule has 11 rings (SSSR count). The molecule has 0 amide bonds. The van der Waals surface area contributed by atoms with Crippen molar-refractivity contribution in [3.8, 4) is 11.4 Å². The van der Waals surface area contributed by atoms with Crippen LogP contribution in [0.1, 0.15) is 16.7 Å². The fourth-order valence-corrected chi connectivity index (χ4v) is 8.87. The number of hydrogen-bond donors (Lipinski definition) is 2. The van der Waals surface area contributed by atoms with E-state index in [9.17, 15) is 25.9 Å². The molecule has 0 unspecified atom stereocenters. The Labute approximate surface area is 322 Å². The number of azo groups is 1. The third-order valence-electron chi connectivity index (χ3n) is 10.5. The van der Waals surface area contributed by atoms with E-state index in [-0.39, 0.29) is 9.79 Å². The predicted molar refractivity (Wildman–Crippen MR) is 217 cm³/mol. The van der Waals surface area contributed by atoms with E-state index in [0.717, 1.165) is 55.0 Å². The Morgan fingerprint density at radius 2 is 1.21 bits per heavy atom. The first kappa shape index (κ1) is 33.4. The number of fused-ring (bicyclic) bond motifs is 12.